The van der Waals surface area contributed by atoms with Crippen molar-refractivity contribution < 1.29 is 4.79 Å². The summed E-state index contributed by atoms with van der Waals surface area (Å²) < 4.78 is 0. The van der Waals surface area contributed by atoms with Gasteiger partial charge >= 0.3 is 0 Å². The molecule has 0 saturated heterocycles. The van der Waals surface area contributed by atoms with Crippen LogP contribution in [0.25, 0.3) is 0 Å². The number of amides is 1. The van der Waals surface area contributed by atoms with Gasteiger partial charge in [-0.25, -0.2) is 5.43 Å². The largest absolute Gasteiger partial charge is 0.281 e. The zero-order valence-corrected chi connectivity index (χ0v) is 11.1. The van der Waals surface area contributed by atoms with Crippen molar-refractivity contribution in [2.45, 2.75) is 13.8 Å². The highest BCUT2D eigenvalue weighted by Crippen LogP contribution is 2.09. The lowest BCUT2D eigenvalue weighted by Gasteiger charge is -2.01. The fraction of sp³-hybridized carbons (Fsp3) is 0.143. The van der Waals surface area contributed by atoms with Gasteiger partial charge in [-0.2, -0.15) is 5.10 Å². The summed E-state index contributed by atoms with van der Waals surface area (Å²) in [5.41, 5.74) is 5.84. The molecule has 0 aliphatic carbocycles. The molecule has 0 unspecified atom stereocenters. The zero-order chi connectivity index (χ0) is 13.0. The molecule has 0 atom stereocenters. The number of benzene rings is 1. The number of hydrogen-bond acceptors (Lipinski definition) is 3. The van der Waals surface area contributed by atoms with Gasteiger partial charge < -0.3 is 0 Å². The first-order chi connectivity index (χ1) is 8.66. The minimum atomic E-state index is -0.174. The Hall–Kier alpha value is -1.94. The predicted octanol–water partition coefficient (Wildman–Crippen LogP) is 3.13. The molecule has 18 heavy (non-hydrogen) atoms. The normalized spacial score (nSPS) is 10.8. The molecule has 92 valence electrons. The van der Waals surface area contributed by atoms with Crippen LogP contribution in [0.15, 0.2) is 40.8 Å². The van der Waals surface area contributed by atoms with Gasteiger partial charge in [-0.1, -0.05) is 29.8 Å². The van der Waals surface area contributed by atoms with Gasteiger partial charge in [0.1, 0.15) is 0 Å². The third kappa shape index (κ3) is 3.05. The van der Waals surface area contributed by atoms with E-state index in [0.29, 0.717) is 4.88 Å². The minimum Gasteiger partial charge on any atom is -0.266 e. The van der Waals surface area contributed by atoms with Gasteiger partial charge in [-0.05, 0) is 36.4 Å². The minimum absolute atomic E-state index is 0.174. The lowest BCUT2D eigenvalue weighted by Crippen LogP contribution is -2.16. The number of nitrogens with one attached hydrogen (secondary N) is 1. The predicted molar refractivity (Wildman–Crippen MR) is 75.3 cm³/mol. The molecule has 2 rings (SSSR count). The van der Waals surface area contributed by atoms with Gasteiger partial charge in [0, 0.05) is 0 Å². The van der Waals surface area contributed by atoms with Crippen LogP contribution in [0.3, 0.4) is 0 Å². The molecule has 1 N–H and O–H groups in total. The third-order valence-electron chi connectivity index (χ3n) is 2.55. The van der Waals surface area contributed by atoms with Crippen molar-refractivity contribution in [1.29, 1.82) is 0 Å². The van der Waals surface area contributed by atoms with Crippen LogP contribution in [0.5, 0.6) is 0 Å². The van der Waals surface area contributed by atoms with Gasteiger partial charge in [0.2, 0.25) is 0 Å². The van der Waals surface area contributed by atoms with E-state index in [1.54, 1.807) is 12.3 Å². The highest BCUT2D eigenvalue weighted by molar-refractivity contribution is 7.12. The van der Waals surface area contributed by atoms with Crippen LogP contribution in [0.4, 0.5) is 0 Å². The molecule has 0 aliphatic rings. The molecule has 1 aromatic carbocycles. The number of aryl methyl sites for hydroxylation is 2. The zero-order valence-electron chi connectivity index (χ0n) is 10.3. The van der Waals surface area contributed by atoms with Crippen molar-refractivity contribution in [2.75, 3.05) is 0 Å². The number of nitrogens with zero attached hydrogens (tertiary/aromatic N) is 1. The molecule has 0 fully saturated rings. The molecule has 3 nitrogen and oxygen atoms in total. The topological polar surface area (TPSA) is 41.5 Å². The van der Waals surface area contributed by atoms with Crippen LogP contribution in [0.2, 0.25) is 0 Å². The Kier molecular flexibility index (Phi) is 3.89. The number of carbonyl (C=O) groups excluding carboxylic acids is 1. The van der Waals surface area contributed by atoms with Crippen LogP contribution >= 0.6 is 11.3 Å². The highest BCUT2D eigenvalue weighted by Gasteiger charge is 2.03. The molecular weight excluding hydrogens is 244 g/mol. The van der Waals surface area contributed by atoms with Crippen molar-refractivity contribution in [3.8, 4) is 0 Å². The van der Waals surface area contributed by atoms with E-state index in [9.17, 15) is 4.79 Å². The lowest BCUT2D eigenvalue weighted by atomic mass is 10.1. The van der Waals surface area contributed by atoms with Crippen molar-refractivity contribution in [3.63, 3.8) is 0 Å². The van der Waals surface area contributed by atoms with E-state index >= 15 is 0 Å². The van der Waals surface area contributed by atoms with Crippen LogP contribution < -0.4 is 5.43 Å². The number of thiophene rings is 1. The van der Waals surface area contributed by atoms with Crippen LogP contribution in [-0.4, -0.2) is 12.1 Å². The molecule has 0 aliphatic heterocycles. The average molecular weight is 258 g/mol. The van der Waals surface area contributed by atoms with E-state index in [-0.39, 0.29) is 5.91 Å². The van der Waals surface area contributed by atoms with Gasteiger partial charge in [-0.15, -0.1) is 11.3 Å². The molecule has 0 radical (unpaired) electrons. The van der Waals surface area contributed by atoms with Gasteiger partial charge in [0.05, 0.1) is 11.1 Å². The molecular formula is C14H14N2OS. The third-order valence-corrected chi connectivity index (χ3v) is 3.42. The number of rotatable bonds is 3. The fourth-order valence-corrected chi connectivity index (χ4v) is 2.14. The van der Waals surface area contributed by atoms with E-state index in [4.69, 9.17) is 0 Å². The molecule has 1 heterocycles. The Balaban J connectivity index is 2.03. The van der Waals surface area contributed by atoms with Gasteiger partial charge in [-0.3, -0.25) is 4.79 Å². The van der Waals surface area contributed by atoms with Crippen LogP contribution in [0.1, 0.15) is 26.4 Å². The first-order valence-corrected chi connectivity index (χ1v) is 6.49. The molecule has 0 bridgehead atoms. The summed E-state index contributed by atoms with van der Waals surface area (Å²) in [6, 6.07) is 9.74. The Morgan fingerprint density at radius 1 is 1.33 bits per heavy atom. The van der Waals surface area contributed by atoms with Gasteiger partial charge in [0.15, 0.2) is 0 Å². The van der Waals surface area contributed by atoms with Gasteiger partial charge in [0.25, 0.3) is 5.91 Å². The Bertz CT molecular complexity index is 573. The molecule has 0 saturated carbocycles. The summed E-state index contributed by atoms with van der Waals surface area (Å²) in [7, 11) is 0. The van der Waals surface area contributed by atoms with Crippen molar-refractivity contribution in [2.24, 2.45) is 5.10 Å². The maximum Gasteiger partial charge on any atom is 0.281 e. The molecule has 1 amide bonds. The first-order valence-electron chi connectivity index (χ1n) is 5.61. The van der Waals surface area contributed by atoms with Crippen LogP contribution in [0, 0.1) is 13.8 Å². The second-order valence-corrected chi connectivity index (χ2v) is 4.98. The van der Waals surface area contributed by atoms with Crippen molar-refractivity contribution >= 4 is 23.5 Å². The van der Waals surface area contributed by atoms with E-state index < -0.39 is 0 Å². The summed E-state index contributed by atoms with van der Waals surface area (Å²) in [6.07, 6.45) is 1.67. The molecule has 0 spiro atoms. The Labute approximate surface area is 110 Å². The quantitative estimate of drug-likeness (QED) is 0.667. The molecule has 2 aromatic rings. The molecule has 4 heteroatoms. The maximum atomic E-state index is 11.6. The maximum absolute atomic E-state index is 11.6. The monoisotopic (exact) mass is 258 g/mol. The Morgan fingerprint density at radius 2 is 2.17 bits per heavy atom. The lowest BCUT2D eigenvalue weighted by molar-refractivity contribution is 0.0959. The standard InChI is InChI=1S/C14H14N2OS/c1-10-5-6-11(2)12(8-10)9-15-16-14(17)13-4-3-7-18-13/h3-9H,1-2H3,(H,16,17)/b15-9+. The van der Waals surface area contributed by atoms with E-state index in [1.165, 1.54) is 16.9 Å². The molecule has 1 aromatic heterocycles. The second kappa shape index (κ2) is 5.60. The smallest absolute Gasteiger partial charge is 0.266 e. The SMILES string of the molecule is Cc1ccc(C)c(/C=N/NC(=O)c2cccs2)c1. The summed E-state index contributed by atoms with van der Waals surface area (Å²) >= 11 is 1.40. The van der Waals surface area contributed by atoms with E-state index in [1.807, 2.05) is 37.4 Å². The van der Waals surface area contributed by atoms with E-state index in [0.717, 1.165) is 11.1 Å². The second-order valence-electron chi connectivity index (χ2n) is 4.04. The summed E-state index contributed by atoms with van der Waals surface area (Å²) in [4.78, 5) is 12.3. The number of carbonyl (C=O) groups is 1. The average Bonchev–Trinajstić information content (AvgIpc) is 2.87. The van der Waals surface area contributed by atoms with Crippen molar-refractivity contribution in [3.05, 3.63) is 57.3 Å². The van der Waals surface area contributed by atoms with Crippen molar-refractivity contribution in [1.82, 2.24) is 5.43 Å². The van der Waals surface area contributed by atoms with E-state index in [2.05, 4.69) is 16.6 Å². The van der Waals surface area contributed by atoms with Crippen LogP contribution in [-0.2, 0) is 0 Å². The summed E-state index contributed by atoms with van der Waals surface area (Å²) in [5, 5.41) is 5.85. The summed E-state index contributed by atoms with van der Waals surface area (Å²) in [5.74, 6) is -0.174. The number of hydrogen-bond donors (Lipinski definition) is 1. The summed E-state index contributed by atoms with van der Waals surface area (Å²) in [6.45, 7) is 4.04. The highest BCUT2D eigenvalue weighted by atomic mass is 32.1. The Morgan fingerprint density at radius 3 is 2.89 bits per heavy atom. The number of hydrazone groups is 1. The fourth-order valence-electron chi connectivity index (χ4n) is 1.52. The first kappa shape index (κ1) is 12.5.